The molecule has 2 heterocycles. The van der Waals surface area contributed by atoms with Crippen molar-refractivity contribution in [2.75, 3.05) is 6.54 Å². The molecule has 2 aliphatic rings. The summed E-state index contributed by atoms with van der Waals surface area (Å²) in [4.78, 5) is 12.2. The van der Waals surface area contributed by atoms with Gasteiger partial charge in [-0.3, -0.25) is 14.9 Å². The maximum atomic E-state index is 12.2. The number of fused-ring (bicyclic) bond motifs is 1. The van der Waals surface area contributed by atoms with Gasteiger partial charge < -0.3 is 5.73 Å². The standard InChI is InChI=1S/C21H29N5O/c1-26-20(10-7-14-5-3-2-4-6-14)18(13-23-26)15-8-9-16-17(11-15)19(12-22)24-25-21(16)27/h2-6,13,15-17,19,24H,7-12,22H2,1H3,(H,25,27). The molecule has 0 radical (unpaired) electrons. The fourth-order valence-electron chi connectivity index (χ4n) is 4.89. The lowest BCUT2D eigenvalue weighted by molar-refractivity contribution is -0.133. The molecule has 0 bridgehead atoms. The van der Waals surface area contributed by atoms with Gasteiger partial charge in [-0.25, -0.2) is 5.43 Å². The zero-order valence-corrected chi connectivity index (χ0v) is 15.9. The van der Waals surface area contributed by atoms with Crippen LogP contribution in [-0.2, 0) is 24.7 Å². The van der Waals surface area contributed by atoms with E-state index >= 15 is 0 Å². The van der Waals surface area contributed by atoms with Gasteiger partial charge in [-0.05, 0) is 55.1 Å². The summed E-state index contributed by atoms with van der Waals surface area (Å²) in [6, 6.07) is 10.8. The Kier molecular flexibility index (Phi) is 5.27. The van der Waals surface area contributed by atoms with Gasteiger partial charge in [0, 0.05) is 31.2 Å². The Bertz CT molecular complexity index is 787. The first-order chi connectivity index (χ1) is 13.2. The fraction of sp³-hybridized carbons (Fsp3) is 0.524. The number of nitrogens with two attached hydrogens (primary N) is 1. The van der Waals surface area contributed by atoms with Crippen LogP contribution in [0.25, 0.3) is 0 Å². The molecular weight excluding hydrogens is 338 g/mol. The fourth-order valence-corrected chi connectivity index (χ4v) is 4.89. The number of carbonyl (C=O) groups is 1. The summed E-state index contributed by atoms with van der Waals surface area (Å²) in [5.74, 6) is 0.955. The number of nitrogens with zero attached hydrogens (tertiary/aromatic N) is 2. The van der Waals surface area contributed by atoms with Crippen molar-refractivity contribution in [3.63, 3.8) is 0 Å². The molecule has 1 aromatic carbocycles. The number of carbonyl (C=O) groups excluding carboxylic acids is 1. The van der Waals surface area contributed by atoms with Gasteiger partial charge in [0.1, 0.15) is 0 Å². The van der Waals surface area contributed by atoms with E-state index in [4.69, 9.17) is 5.73 Å². The average molecular weight is 367 g/mol. The Morgan fingerprint density at radius 3 is 2.81 bits per heavy atom. The number of aryl methyl sites for hydroxylation is 2. The van der Waals surface area contributed by atoms with E-state index in [9.17, 15) is 4.79 Å². The molecule has 1 aromatic heterocycles. The Hall–Kier alpha value is -2.18. The zero-order valence-electron chi connectivity index (χ0n) is 15.9. The lowest BCUT2D eigenvalue weighted by atomic mass is 9.68. The highest BCUT2D eigenvalue weighted by atomic mass is 16.2. The molecule has 1 saturated heterocycles. The molecule has 4 atom stereocenters. The molecule has 4 N–H and O–H groups in total. The van der Waals surface area contributed by atoms with Crippen LogP contribution in [-0.4, -0.2) is 28.3 Å². The first kappa shape index (κ1) is 18.2. The number of amides is 1. The molecule has 2 aromatic rings. The van der Waals surface area contributed by atoms with Crippen LogP contribution in [0.4, 0.5) is 0 Å². The topological polar surface area (TPSA) is 85.0 Å². The normalized spacial score (nSPS) is 27.9. The Labute approximate surface area is 160 Å². The van der Waals surface area contributed by atoms with Crippen LogP contribution in [0.15, 0.2) is 36.5 Å². The summed E-state index contributed by atoms with van der Waals surface area (Å²) in [6.45, 7) is 0.544. The lowest BCUT2D eigenvalue weighted by Crippen LogP contribution is -2.62. The van der Waals surface area contributed by atoms with Crippen LogP contribution in [0.3, 0.4) is 0 Å². The monoisotopic (exact) mass is 367 g/mol. The zero-order chi connectivity index (χ0) is 18.8. The molecule has 27 heavy (non-hydrogen) atoms. The second-order valence-electron chi connectivity index (χ2n) is 7.91. The predicted octanol–water partition coefficient (Wildman–Crippen LogP) is 1.67. The third-order valence-corrected chi connectivity index (χ3v) is 6.41. The predicted molar refractivity (Wildman–Crippen MR) is 105 cm³/mol. The maximum Gasteiger partial charge on any atom is 0.237 e. The first-order valence-electron chi connectivity index (χ1n) is 9.97. The largest absolute Gasteiger partial charge is 0.329 e. The number of benzene rings is 1. The third kappa shape index (κ3) is 3.64. The summed E-state index contributed by atoms with van der Waals surface area (Å²) in [5, 5.41) is 4.56. The van der Waals surface area contributed by atoms with Gasteiger partial charge in [-0.2, -0.15) is 5.10 Å². The summed E-state index contributed by atoms with van der Waals surface area (Å²) >= 11 is 0. The van der Waals surface area contributed by atoms with E-state index in [-0.39, 0.29) is 17.9 Å². The minimum absolute atomic E-state index is 0.0838. The van der Waals surface area contributed by atoms with Crippen molar-refractivity contribution >= 4 is 5.91 Å². The molecule has 2 fully saturated rings. The molecule has 1 aliphatic carbocycles. The van der Waals surface area contributed by atoms with Gasteiger partial charge in [0.2, 0.25) is 5.91 Å². The SMILES string of the molecule is Cn1ncc(C2CCC3C(=O)NNC(CN)C3C2)c1CCc1ccccc1. The Morgan fingerprint density at radius 2 is 2.04 bits per heavy atom. The molecule has 4 rings (SSSR count). The van der Waals surface area contributed by atoms with Gasteiger partial charge in [-0.15, -0.1) is 0 Å². The van der Waals surface area contributed by atoms with Crippen LogP contribution in [0, 0.1) is 11.8 Å². The van der Waals surface area contributed by atoms with Crippen LogP contribution in [0.1, 0.15) is 42.0 Å². The van der Waals surface area contributed by atoms with Crippen LogP contribution < -0.4 is 16.6 Å². The van der Waals surface area contributed by atoms with E-state index in [0.29, 0.717) is 18.4 Å². The molecule has 6 heteroatoms. The van der Waals surface area contributed by atoms with Crippen molar-refractivity contribution in [3.8, 4) is 0 Å². The van der Waals surface area contributed by atoms with Gasteiger partial charge in [-0.1, -0.05) is 30.3 Å². The summed E-state index contributed by atoms with van der Waals surface area (Å²) < 4.78 is 2.02. The van der Waals surface area contributed by atoms with Crippen molar-refractivity contribution in [1.29, 1.82) is 0 Å². The minimum Gasteiger partial charge on any atom is -0.329 e. The van der Waals surface area contributed by atoms with Gasteiger partial charge in [0.15, 0.2) is 0 Å². The number of nitrogens with one attached hydrogen (secondary N) is 2. The van der Waals surface area contributed by atoms with E-state index in [1.807, 2.05) is 17.9 Å². The van der Waals surface area contributed by atoms with Gasteiger partial charge >= 0.3 is 0 Å². The van der Waals surface area contributed by atoms with E-state index < -0.39 is 0 Å². The number of hydrazine groups is 1. The number of aromatic nitrogens is 2. The molecule has 144 valence electrons. The second-order valence-corrected chi connectivity index (χ2v) is 7.91. The summed E-state index contributed by atoms with van der Waals surface area (Å²) in [7, 11) is 2.04. The maximum absolute atomic E-state index is 12.2. The van der Waals surface area contributed by atoms with E-state index in [0.717, 1.165) is 32.1 Å². The molecule has 4 unspecified atom stereocenters. The minimum atomic E-state index is 0.0838. The second kappa shape index (κ2) is 7.82. The molecule has 1 amide bonds. The van der Waals surface area contributed by atoms with E-state index in [2.05, 4.69) is 46.3 Å². The van der Waals surface area contributed by atoms with Gasteiger partial charge in [0.05, 0.1) is 6.20 Å². The average Bonchev–Trinajstić information content (AvgIpc) is 3.08. The first-order valence-corrected chi connectivity index (χ1v) is 9.97. The van der Waals surface area contributed by atoms with Crippen LogP contribution >= 0.6 is 0 Å². The van der Waals surface area contributed by atoms with Crippen molar-refractivity contribution in [2.24, 2.45) is 24.6 Å². The number of rotatable bonds is 5. The van der Waals surface area contributed by atoms with Crippen LogP contribution in [0.5, 0.6) is 0 Å². The number of hydrogen-bond donors (Lipinski definition) is 3. The van der Waals surface area contributed by atoms with Gasteiger partial charge in [0.25, 0.3) is 0 Å². The highest BCUT2D eigenvalue weighted by Crippen LogP contribution is 2.43. The highest BCUT2D eigenvalue weighted by molar-refractivity contribution is 5.79. The van der Waals surface area contributed by atoms with Crippen molar-refractivity contribution in [3.05, 3.63) is 53.3 Å². The lowest BCUT2D eigenvalue weighted by Gasteiger charge is -2.43. The molecule has 6 nitrogen and oxygen atoms in total. The molecule has 0 spiro atoms. The summed E-state index contributed by atoms with van der Waals surface area (Å²) in [5.41, 5.74) is 15.9. The summed E-state index contributed by atoms with van der Waals surface area (Å²) in [6.07, 6.45) is 7.00. The Morgan fingerprint density at radius 1 is 1.22 bits per heavy atom. The molecule has 1 aliphatic heterocycles. The van der Waals surface area contributed by atoms with Crippen molar-refractivity contribution in [2.45, 2.75) is 44.1 Å². The molecular formula is C21H29N5O. The Balaban J connectivity index is 1.51. The van der Waals surface area contributed by atoms with E-state index in [1.165, 1.54) is 16.8 Å². The smallest absolute Gasteiger partial charge is 0.237 e. The van der Waals surface area contributed by atoms with Crippen molar-refractivity contribution in [1.82, 2.24) is 20.6 Å². The van der Waals surface area contributed by atoms with E-state index in [1.54, 1.807) is 0 Å². The number of hydrogen-bond acceptors (Lipinski definition) is 4. The quantitative estimate of drug-likeness (QED) is 0.750. The van der Waals surface area contributed by atoms with Crippen LogP contribution in [0.2, 0.25) is 0 Å². The highest BCUT2D eigenvalue weighted by Gasteiger charge is 2.43. The molecule has 1 saturated carbocycles. The van der Waals surface area contributed by atoms with Crippen molar-refractivity contribution < 1.29 is 4.79 Å². The third-order valence-electron chi connectivity index (χ3n) is 6.41.